The van der Waals surface area contributed by atoms with E-state index >= 15 is 0 Å². The molecular weight excluding hydrogens is 692 g/mol. The zero-order chi connectivity index (χ0) is 38.8. The maximum atomic E-state index is 14.3. The molecule has 2 aromatic carbocycles. The second-order valence-corrected chi connectivity index (χ2v) is 14.9. The van der Waals surface area contributed by atoms with Gasteiger partial charge in [0.25, 0.3) is 11.8 Å². The van der Waals surface area contributed by atoms with Crippen molar-refractivity contribution in [2.45, 2.75) is 71.0 Å². The lowest BCUT2D eigenvalue weighted by molar-refractivity contribution is -0.141. The SMILES string of the molecule is COCCN1CC(=O)N[C@@H](Cc2ccccc2)C(=O)N[C@@H]2CN(C(=O)c3cc(CC(C)C)on3)C[C@H]2c2cccc(c2)OCC(=O)N[C@H](CC(C)C)C1=O. The molecule has 1 fully saturated rings. The first kappa shape index (κ1) is 40.0. The van der Waals surface area contributed by atoms with Gasteiger partial charge in [-0.3, -0.25) is 24.0 Å². The van der Waals surface area contributed by atoms with Crippen LogP contribution in [0.5, 0.6) is 5.75 Å². The third-order valence-electron chi connectivity index (χ3n) is 9.46. The van der Waals surface area contributed by atoms with Gasteiger partial charge in [-0.2, -0.15) is 0 Å². The Morgan fingerprint density at radius 1 is 0.907 bits per heavy atom. The van der Waals surface area contributed by atoms with Crippen LogP contribution in [0.1, 0.15) is 67.4 Å². The molecule has 290 valence electrons. The summed E-state index contributed by atoms with van der Waals surface area (Å²) in [6.45, 7) is 7.91. The molecule has 14 heteroatoms. The van der Waals surface area contributed by atoms with Gasteiger partial charge < -0.3 is 39.7 Å². The van der Waals surface area contributed by atoms with Crippen molar-refractivity contribution in [2.75, 3.05) is 46.5 Å². The number of hydrogen-bond donors (Lipinski definition) is 3. The highest BCUT2D eigenvalue weighted by Crippen LogP contribution is 2.31. The summed E-state index contributed by atoms with van der Waals surface area (Å²) >= 11 is 0. The van der Waals surface area contributed by atoms with Gasteiger partial charge in [-0.15, -0.1) is 0 Å². The fourth-order valence-electron chi connectivity index (χ4n) is 6.89. The minimum absolute atomic E-state index is 0.0453. The molecule has 3 heterocycles. The number of carbonyl (C=O) groups excluding carboxylic acids is 5. The summed E-state index contributed by atoms with van der Waals surface area (Å²) in [5.41, 5.74) is 1.78. The fraction of sp³-hybridized carbons (Fsp3) is 0.500. The molecule has 5 amide bonds. The van der Waals surface area contributed by atoms with Crippen LogP contribution in [-0.4, -0.2) is 109 Å². The molecule has 14 nitrogen and oxygen atoms in total. The minimum atomic E-state index is -1.02. The van der Waals surface area contributed by atoms with Crippen LogP contribution in [0.4, 0.5) is 0 Å². The van der Waals surface area contributed by atoms with Crippen LogP contribution >= 0.6 is 0 Å². The monoisotopic (exact) mass is 744 g/mol. The first-order chi connectivity index (χ1) is 25.9. The second-order valence-electron chi connectivity index (χ2n) is 14.9. The number of rotatable bonds is 10. The van der Waals surface area contributed by atoms with Crippen LogP contribution < -0.4 is 20.7 Å². The summed E-state index contributed by atoms with van der Waals surface area (Å²) in [6.07, 6.45) is 1.14. The Morgan fingerprint density at radius 3 is 2.39 bits per heavy atom. The van der Waals surface area contributed by atoms with Crippen LogP contribution in [-0.2, 0) is 36.8 Å². The van der Waals surface area contributed by atoms with Crippen molar-refractivity contribution >= 4 is 29.5 Å². The van der Waals surface area contributed by atoms with Crippen molar-refractivity contribution in [1.29, 1.82) is 0 Å². The summed E-state index contributed by atoms with van der Waals surface area (Å²) < 4.78 is 16.6. The number of amides is 5. The number of benzene rings is 2. The molecule has 4 atom stereocenters. The number of methoxy groups -OCH3 is 1. The van der Waals surface area contributed by atoms with E-state index in [1.54, 1.807) is 29.2 Å². The number of hydrogen-bond acceptors (Lipinski definition) is 9. The Kier molecular flexibility index (Phi) is 13.8. The molecule has 2 bridgehead atoms. The van der Waals surface area contributed by atoms with Crippen LogP contribution in [0.3, 0.4) is 0 Å². The Morgan fingerprint density at radius 2 is 1.67 bits per heavy atom. The molecule has 3 N–H and O–H groups in total. The van der Waals surface area contributed by atoms with Crippen LogP contribution in [0.25, 0.3) is 0 Å². The van der Waals surface area contributed by atoms with E-state index in [0.29, 0.717) is 30.3 Å². The van der Waals surface area contributed by atoms with E-state index in [9.17, 15) is 24.0 Å². The zero-order valence-corrected chi connectivity index (χ0v) is 31.7. The third kappa shape index (κ3) is 10.9. The van der Waals surface area contributed by atoms with E-state index < -0.39 is 41.8 Å². The summed E-state index contributed by atoms with van der Waals surface area (Å²) in [7, 11) is 1.49. The molecule has 3 aromatic rings. The average Bonchev–Trinajstić information content (AvgIpc) is 3.78. The predicted molar refractivity (Wildman–Crippen MR) is 199 cm³/mol. The Hall–Kier alpha value is -5.24. The Bertz CT molecular complexity index is 1760. The zero-order valence-electron chi connectivity index (χ0n) is 31.7. The van der Waals surface area contributed by atoms with Gasteiger partial charge in [0.2, 0.25) is 17.7 Å². The topological polar surface area (TPSA) is 172 Å². The summed E-state index contributed by atoms with van der Waals surface area (Å²) in [5, 5.41) is 12.9. The highest BCUT2D eigenvalue weighted by Gasteiger charge is 2.40. The standard InChI is InChI=1S/C40H52N6O8/c1-25(2)16-30-20-34(44-54-30)40(51)46-21-31-28-12-9-13-29(19-28)53-24-37(48)42-33(17-26(3)4)39(50)45(14-15-52-5)23-36(47)41-32(38(49)43-35(31)22-46)18-27-10-7-6-8-11-27/h6-13,19-20,25-26,31-33,35H,14-18,21-24H2,1-5H3,(H,41,47)(H,42,48)(H,43,49)/t31-,32-,33+,35+/m0/s1. The molecule has 0 aliphatic carbocycles. The molecule has 0 radical (unpaired) electrons. The lowest BCUT2D eigenvalue weighted by Crippen LogP contribution is -2.56. The highest BCUT2D eigenvalue weighted by atomic mass is 16.5. The molecule has 1 saturated heterocycles. The summed E-state index contributed by atoms with van der Waals surface area (Å²) in [5.74, 6) is -1.24. The van der Waals surface area contributed by atoms with Crippen molar-refractivity contribution < 1.29 is 38.0 Å². The first-order valence-corrected chi connectivity index (χ1v) is 18.6. The molecule has 54 heavy (non-hydrogen) atoms. The molecule has 0 spiro atoms. The van der Waals surface area contributed by atoms with Gasteiger partial charge in [-0.1, -0.05) is 75.3 Å². The summed E-state index contributed by atoms with van der Waals surface area (Å²) in [4.78, 5) is 71.9. The number of fused-ring (bicyclic) bond motifs is 4. The molecule has 5 rings (SSSR count). The molecule has 2 aliphatic heterocycles. The van der Waals surface area contributed by atoms with Crippen molar-refractivity contribution in [2.24, 2.45) is 11.8 Å². The van der Waals surface area contributed by atoms with Crippen LogP contribution in [0, 0.1) is 11.8 Å². The van der Waals surface area contributed by atoms with Gasteiger partial charge in [0.1, 0.15) is 23.6 Å². The number of aromatic nitrogens is 1. The van der Waals surface area contributed by atoms with Crippen LogP contribution in [0.2, 0.25) is 0 Å². The average molecular weight is 745 g/mol. The maximum Gasteiger partial charge on any atom is 0.276 e. The Balaban J connectivity index is 1.49. The van der Waals surface area contributed by atoms with Gasteiger partial charge in [0, 0.05) is 51.6 Å². The van der Waals surface area contributed by atoms with E-state index in [-0.39, 0.29) is 69.3 Å². The van der Waals surface area contributed by atoms with Crippen molar-refractivity contribution in [1.82, 2.24) is 30.9 Å². The summed E-state index contributed by atoms with van der Waals surface area (Å²) in [6, 6.07) is 15.7. The number of likely N-dealkylation sites (tertiary alicyclic amines) is 1. The van der Waals surface area contributed by atoms with Crippen molar-refractivity contribution in [3.63, 3.8) is 0 Å². The Labute approximate surface area is 316 Å². The maximum absolute atomic E-state index is 14.3. The second kappa shape index (κ2) is 18.7. The van der Waals surface area contributed by atoms with E-state index in [1.807, 2.05) is 64.1 Å². The van der Waals surface area contributed by atoms with Crippen molar-refractivity contribution in [3.8, 4) is 5.75 Å². The first-order valence-electron chi connectivity index (χ1n) is 18.6. The minimum Gasteiger partial charge on any atom is -0.484 e. The van der Waals surface area contributed by atoms with Gasteiger partial charge in [0.05, 0.1) is 19.2 Å². The van der Waals surface area contributed by atoms with E-state index in [4.69, 9.17) is 14.0 Å². The fourth-order valence-corrected chi connectivity index (χ4v) is 6.89. The highest BCUT2D eigenvalue weighted by molar-refractivity contribution is 5.94. The van der Waals surface area contributed by atoms with Gasteiger partial charge in [0.15, 0.2) is 12.3 Å². The lowest BCUT2D eigenvalue weighted by atomic mass is 9.93. The number of carbonyl (C=O) groups is 5. The quantitative estimate of drug-likeness (QED) is 0.282. The van der Waals surface area contributed by atoms with E-state index in [1.165, 1.54) is 12.0 Å². The molecule has 1 aromatic heterocycles. The molecule has 0 unspecified atom stereocenters. The lowest BCUT2D eigenvalue weighted by Gasteiger charge is -2.29. The third-order valence-corrected chi connectivity index (χ3v) is 9.46. The normalized spacial score (nSPS) is 21.5. The molecular formula is C40H52N6O8. The number of nitrogens with one attached hydrogen (secondary N) is 3. The molecule has 2 aliphatic rings. The number of ether oxygens (including phenoxy) is 2. The van der Waals surface area contributed by atoms with Gasteiger partial charge >= 0.3 is 0 Å². The van der Waals surface area contributed by atoms with Crippen LogP contribution in [0.15, 0.2) is 65.2 Å². The predicted octanol–water partition coefficient (Wildman–Crippen LogP) is 2.72. The van der Waals surface area contributed by atoms with Crippen molar-refractivity contribution in [3.05, 3.63) is 83.2 Å². The van der Waals surface area contributed by atoms with E-state index in [2.05, 4.69) is 21.1 Å². The number of nitrogens with zero attached hydrogens (tertiary/aromatic N) is 3. The van der Waals surface area contributed by atoms with E-state index in [0.717, 1.165) is 11.1 Å². The van der Waals surface area contributed by atoms with Gasteiger partial charge in [-0.25, -0.2) is 0 Å². The molecule has 0 saturated carbocycles. The largest absolute Gasteiger partial charge is 0.484 e. The van der Waals surface area contributed by atoms with Gasteiger partial charge in [-0.05, 0) is 41.5 Å². The smallest absolute Gasteiger partial charge is 0.276 e.